The molecule has 1 heterocycles. The van der Waals surface area contributed by atoms with Crippen LogP contribution >= 0.6 is 11.3 Å². The Balaban J connectivity index is 1.68. The van der Waals surface area contributed by atoms with Gasteiger partial charge in [-0.25, -0.2) is 0 Å². The van der Waals surface area contributed by atoms with Gasteiger partial charge in [-0.05, 0) is 24.3 Å². The van der Waals surface area contributed by atoms with Crippen LogP contribution in [0, 0.1) is 5.92 Å². The van der Waals surface area contributed by atoms with Crippen LogP contribution in [0.2, 0.25) is 0 Å². The normalized spacial score (nSPS) is 21.8. The Bertz CT molecular complexity index is 461. The molecule has 0 spiro atoms. The van der Waals surface area contributed by atoms with Gasteiger partial charge in [0.25, 0.3) is 5.91 Å². The number of rotatable bonds is 6. The predicted octanol–water partition coefficient (Wildman–Crippen LogP) is 1.54. The van der Waals surface area contributed by atoms with Crippen molar-refractivity contribution in [3.63, 3.8) is 0 Å². The van der Waals surface area contributed by atoms with E-state index >= 15 is 0 Å². The molecule has 1 aliphatic carbocycles. The van der Waals surface area contributed by atoms with Crippen LogP contribution in [-0.2, 0) is 4.79 Å². The maximum Gasteiger partial charge on any atom is 0.252 e. The Hall–Kier alpha value is -1.40. The molecule has 21 heavy (non-hydrogen) atoms. The number of aliphatic hydroxyl groups is 1. The number of carbonyl (C=O) groups excluding carboxylic acids is 2. The molecule has 116 valence electrons. The summed E-state index contributed by atoms with van der Waals surface area (Å²) in [5.41, 5.74) is 0.632. The van der Waals surface area contributed by atoms with Gasteiger partial charge in [-0.3, -0.25) is 9.59 Å². The lowest BCUT2D eigenvalue weighted by Gasteiger charge is -2.30. The molecule has 0 bridgehead atoms. The van der Waals surface area contributed by atoms with Crippen molar-refractivity contribution in [2.75, 3.05) is 13.2 Å². The van der Waals surface area contributed by atoms with Crippen molar-refractivity contribution in [1.29, 1.82) is 0 Å². The molecule has 1 saturated carbocycles. The highest BCUT2D eigenvalue weighted by atomic mass is 32.1. The zero-order chi connectivity index (χ0) is 15.1. The largest absolute Gasteiger partial charge is 0.396 e. The van der Waals surface area contributed by atoms with Crippen LogP contribution in [0.15, 0.2) is 16.8 Å². The SMILES string of the molecule is O=C(CCNC(=O)c1ccsc1)NC1CCCCC1CO. The van der Waals surface area contributed by atoms with E-state index in [0.29, 0.717) is 12.1 Å². The number of carbonyl (C=O) groups is 2. The monoisotopic (exact) mass is 310 g/mol. The van der Waals surface area contributed by atoms with Gasteiger partial charge in [-0.1, -0.05) is 12.8 Å². The van der Waals surface area contributed by atoms with Gasteiger partial charge in [-0.15, -0.1) is 0 Å². The third-order valence-corrected chi connectivity index (χ3v) is 4.59. The Morgan fingerprint density at radius 3 is 2.86 bits per heavy atom. The number of amides is 2. The van der Waals surface area contributed by atoms with E-state index in [9.17, 15) is 14.7 Å². The van der Waals surface area contributed by atoms with Crippen molar-refractivity contribution in [3.8, 4) is 0 Å². The zero-order valence-corrected chi connectivity index (χ0v) is 12.8. The van der Waals surface area contributed by atoms with Crippen LogP contribution < -0.4 is 10.6 Å². The van der Waals surface area contributed by atoms with Crippen LogP contribution in [0.3, 0.4) is 0 Å². The van der Waals surface area contributed by atoms with Crippen molar-refractivity contribution in [2.45, 2.75) is 38.1 Å². The van der Waals surface area contributed by atoms with E-state index in [0.717, 1.165) is 25.7 Å². The Morgan fingerprint density at radius 1 is 1.33 bits per heavy atom. The minimum Gasteiger partial charge on any atom is -0.396 e. The molecular formula is C15H22N2O3S. The molecular weight excluding hydrogens is 288 g/mol. The topological polar surface area (TPSA) is 78.4 Å². The first kappa shape index (κ1) is 16.0. The van der Waals surface area contributed by atoms with Crippen LogP contribution in [0.1, 0.15) is 42.5 Å². The molecule has 2 unspecified atom stereocenters. The maximum atomic E-state index is 11.9. The lowest BCUT2D eigenvalue weighted by Crippen LogP contribution is -2.44. The average molecular weight is 310 g/mol. The van der Waals surface area contributed by atoms with Crippen LogP contribution in [-0.4, -0.2) is 36.1 Å². The molecule has 2 atom stereocenters. The van der Waals surface area contributed by atoms with Crippen molar-refractivity contribution in [2.24, 2.45) is 5.92 Å². The predicted molar refractivity (Wildman–Crippen MR) is 82.2 cm³/mol. The molecule has 2 amide bonds. The van der Waals surface area contributed by atoms with Crippen molar-refractivity contribution >= 4 is 23.2 Å². The summed E-state index contributed by atoms with van der Waals surface area (Å²) >= 11 is 1.47. The summed E-state index contributed by atoms with van der Waals surface area (Å²) in [7, 11) is 0. The third-order valence-electron chi connectivity index (χ3n) is 3.91. The molecule has 1 aliphatic rings. The summed E-state index contributed by atoms with van der Waals surface area (Å²) < 4.78 is 0. The molecule has 0 radical (unpaired) electrons. The zero-order valence-electron chi connectivity index (χ0n) is 12.0. The summed E-state index contributed by atoms with van der Waals surface area (Å²) in [5, 5.41) is 18.7. The fourth-order valence-electron chi connectivity index (χ4n) is 2.68. The van der Waals surface area contributed by atoms with E-state index < -0.39 is 0 Å². The van der Waals surface area contributed by atoms with Gasteiger partial charge in [0.15, 0.2) is 0 Å². The summed E-state index contributed by atoms with van der Waals surface area (Å²) in [6.07, 6.45) is 4.38. The first-order chi connectivity index (χ1) is 10.2. The molecule has 0 aromatic carbocycles. The Labute approximate surface area is 128 Å². The fourth-order valence-corrected chi connectivity index (χ4v) is 3.32. The number of hydrogen-bond donors (Lipinski definition) is 3. The second-order valence-corrected chi connectivity index (χ2v) is 6.20. The summed E-state index contributed by atoms with van der Waals surface area (Å²) in [5.74, 6) is -0.0379. The van der Waals surface area contributed by atoms with Gasteiger partial charge >= 0.3 is 0 Å². The quantitative estimate of drug-likeness (QED) is 0.746. The van der Waals surface area contributed by atoms with E-state index in [4.69, 9.17) is 0 Å². The molecule has 0 saturated heterocycles. The van der Waals surface area contributed by atoms with Crippen molar-refractivity contribution in [3.05, 3.63) is 22.4 Å². The maximum absolute atomic E-state index is 11.9. The smallest absolute Gasteiger partial charge is 0.252 e. The molecule has 0 aliphatic heterocycles. The summed E-state index contributed by atoms with van der Waals surface area (Å²) in [4.78, 5) is 23.6. The van der Waals surface area contributed by atoms with Crippen LogP contribution in [0.4, 0.5) is 0 Å². The van der Waals surface area contributed by atoms with Gasteiger partial charge in [0, 0.05) is 42.5 Å². The van der Waals surface area contributed by atoms with Gasteiger partial charge in [-0.2, -0.15) is 11.3 Å². The number of aliphatic hydroxyl groups excluding tert-OH is 1. The Morgan fingerprint density at radius 2 is 2.14 bits per heavy atom. The average Bonchev–Trinajstić information content (AvgIpc) is 3.02. The minimum absolute atomic E-state index is 0.0639. The molecule has 1 aromatic rings. The lowest BCUT2D eigenvalue weighted by molar-refractivity contribution is -0.122. The van der Waals surface area contributed by atoms with E-state index in [1.165, 1.54) is 11.3 Å². The molecule has 1 fully saturated rings. The fraction of sp³-hybridized carbons (Fsp3) is 0.600. The lowest BCUT2D eigenvalue weighted by atomic mass is 9.85. The summed E-state index contributed by atoms with van der Waals surface area (Å²) in [6.45, 7) is 0.455. The Kier molecular flexibility index (Phi) is 6.20. The number of hydrogen-bond acceptors (Lipinski definition) is 4. The molecule has 3 N–H and O–H groups in total. The minimum atomic E-state index is -0.144. The second-order valence-electron chi connectivity index (χ2n) is 5.42. The van der Waals surface area contributed by atoms with Crippen molar-refractivity contribution < 1.29 is 14.7 Å². The van der Waals surface area contributed by atoms with Crippen LogP contribution in [0.25, 0.3) is 0 Å². The number of thiophene rings is 1. The standard InChI is InChI=1S/C15H22N2O3S/c18-9-11-3-1-2-4-13(11)17-14(19)5-7-16-15(20)12-6-8-21-10-12/h6,8,10-11,13,18H,1-5,7,9H2,(H,16,20)(H,17,19). The highest BCUT2D eigenvalue weighted by Crippen LogP contribution is 2.23. The highest BCUT2D eigenvalue weighted by molar-refractivity contribution is 7.08. The van der Waals surface area contributed by atoms with Crippen LogP contribution in [0.5, 0.6) is 0 Å². The molecule has 5 nitrogen and oxygen atoms in total. The molecule has 6 heteroatoms. The van der Waals surface area contributed by atoms with E-state index in [2.05, 4.69) is 10.6 Å². The molecule has 2 rings (SSSR count). The van der Waals surface area contributed by atoms with Gasteiger partial charge in [0.1, 0.15) is 0 Å². The van der Waals surface area contributed by atoms with Gasteiger partial charge < -0.3 is 15.7 Å². The van der Waals surface area contributed by atoms with E-state index in [1.807, 2.05) is 5.38 Å². The second kappa shape index (κ2) is 8.14. The van der Waals surface area contributed by atoms with Gasteiger partial charge in [0.2, 0.25) is 5.91 Å². The first-order valence-electron chi connectivity index (χ1n) is 7.41. The molecule has 1 aromatic heterocycles. The van der Waals surface area contributed by atoms with Crippen molar-refractivity contribution in [1.82, 2.24) is 10.6 Å². The summed E-state index contributed by atoms with van der Waals surface area (Å²) in [6, 6.07) is 1.83. The van der Waals surface area contributed by atoms with E-state index in [-0.39, 0.29) is 36.8 Å². The third kappa shape index (κ3) is 4.82. The van der Waals surface area contributed by atoms with E-state index in [1.54, 1.807) is 11.4 Å². The highest BCUT2D eigenvalue weighted by Gasteiger charge is 2.25. The number of nitrogens with one attached hydrogen (secondary N) is 2. The first-order valence-corrected chi connectivity index (χ1v) is 8.35. The van der Waals surface area contributed by atoms with Gasteiger partial charge in [0.05, 0.1) is 0 Å².